The largest absolute Gasteiger partial charge is 0.481 e. The maximum atomic E-state index is 13.5. The van der Waals surface area contributed by atoms with E-state index in [9.17, 15) is 14.0 Å². The maximum Gasteiger partial charge on any atom is 0.319 e. The number of anilines is 1. The summed E-state index contributed by atoms with van der Waals surface area (Å²) in [6.07, 6.45) is 0.221. The lowest BCUT2D eigenvalue weighted by Gasteiger charge is -2.25. The number of amides is 2. The first kappa shape index (κ1) is 16.4. The van der Waals surface area contributed by atoms with E-state index < -0.39 is 23.4 Å². The molecule has 0 aromatic heterocycles. The average molecular weight is 347 g/mol. The van der Waals surface area contributed by atoms with Gasteiger partial charge in [0.2, 0.25) is 0 Å². The Kier molecular flexibility index (Phi) is 5.50. The highest BCUT2D eigenvalue weighted by molar-refractivity contribution is 9.10. The summed E-state index contributed by atoms with van der Waals surface area (Å²) in [4.78, 5) is 22.3. The fraction of sp³-hybridized carbons (Fsp3) is 0.385. The van der Waals surface area contributed by atoms with Crippen molar-refractivity contribution >= 4 is 33.6 Å². The molecule has 0 saturated carbocycles. The van der Waals surface area contributed by atoms with Crippen molar-refractivity contribution in [3.05, 3.63) is 28.5 Å². The summed E-state index contributed by atoms with van der Waals surface area (Å²) in [6.45, 7) is 3.40. The van der Waals surface area contributed by atoms with Crippen molar-refractivity contribution in [3.8, 4) is 0 Å². The van der Waals surface area contributed by atoms with E-state index in [1.165, 1.54) is 12.1 Å². The second kappa shape index (κ2) is 6.69. The Balaban J connectivity index is 2.60. The van der Waals surface area contributed by atoms with Gasteiger partial charge < -0.3 is 15.7 Å². The second-order valence-corrected chi connectivity index (χ2v) is 5.90. The Morgan fingerprint density at radius 2 is 2.05 bits per heavy atom. The Morgan fingerprint density at radius 1 is 1.40 bits per heavy atom. The summed E-state index contributed by atoms with van der Waals surface area (Å²) in [7, 11) is 0. The van der Waals surface area contributed by atoms with E-state index in [1.54, 1.807) is 19.9 Å². The van der Waals surface area contributed by atoms with Crippen LogP contribution in [0.25, 0.3) is 0 Å². The normalized spacial score (nSPS) is 11.0. The van der Waals surface area contributed by atoms with Crippen LogP contribution in [0.2, 0.25) is 0 Å². The third-order valence-corrected chi connectivity index (χ3v) is 3.09. The predicted molar refractivity (Wildman–Crippen MR) is 77.2 cm³/mol. The maximum absolute atomic E-state index is 13.5. The number of carboxylic acids is 1. The van der Waals surface area contributed by atoms with Crippen molar-refractivity contribution in [1.82, 2.24) is 5.32 Å². The molecule has 20 heavy (non-hydrogen) atoms. The number of nitrogens with one attached hydrogen (secondary N) is 2. The zero-order valence-electron chi connectivity index (χ0n) is 11.2. The van der Waals surface area contributed by atoms with Crippen molar-refractivity contribution in [2.75, 3.05) is 5.32 Å². The monoisotopic (exact) mass is 346 g/mol. The molecule has 0 aliphatic carbocycles. The minimum absolute atomic E-state index is 0.0553. The van der Waals surface area contributed by atoms with Gasteiger partial charge in [0.25, 0.3) is 0 Å². The number of rotatable bonds is 5. The van der Waals surface area contributed by atoms with Crippen LogP contribution in [-0.2, 0) is 4.79 Å². The molecule has 1 aromatic carbocycles. The van der Waals surface area contributed by atoms with Crippen LogP contribution in [0.5, 0.6) is 0 Å². The predicted octanol–water partition coefficient (Wildman–Crippen LogP) is 3.35. The summed E-state index contributed by atoms with van der Waals surface area (Å²) in [5, 5.41) is 13.6. The Labute approximate surface area is 124 Å². The van der Waals surface area contributed by atoms with Crippen LogP contribution in [0.1, 0.15) is 26.7 Å². The molecule has 0 atom stereocenters. The number of carbonyl (C=O) groups excluding carboxylic acids is 1. The molecule has 0 bridgehead atoms. The number of halogens is 2. The van der Waals surface area contributed by atoms with Gasteiger partial charge in [0, 0.05) is 16.4 Å². The molecule has 0 saturated heterocycles. The van der Waals surface area contributed by atoms with Gasteiger partial charge in [-0.25, -0.2) is 9.18 Å². The standard InChI is InChI=1S/C13H16BrFN2O3/c1-13(2,6-5-11(18)19)17-12(20)16-10-4-3-8(14)7-9(10)15/h3-4,7H,5-6H2,1-2H3,(H,18,19)(H2,16,17,20). The molecule has 3 N–H and O–H groups in total. The number of carbonyl (C=O) groups is 2. The summed E-state index contributed by atoms with van der Waals surface area (Å²) >= 11 is 3.12. The number of benzene rings is 1. The van der Waals surface area contributed by atoms with Crippen molar-refractivity contribution in [2.45, 2.75) is 32.2 Å². The smallest absolute Gasteiger partial charge is 0.319 e. The molecule has 0 heterocycles. The van der Waals surface area contributed by atoms with Crippen molar-refractivity contribution in [3.63, 3.8) is 0 Å². The number of hydrogen-bond donors (Lipinski definition) is 3. The first-order chi connectivity index (χ1) is 9.19. The number of urea groups is 1. The molecule has 0 spiro atoms. The van der Waals surface area contributed by atoms with E-state index in [1.807, 2.05) is 0 Å². The zero-order chi connectivity index (χ0) is 15.3. The van der Waals surface area contributed by atoms with E-state index in [-0.39, 0.29) is 18.5 Å². The molecule has 0 fully saturated rings. The van der Waals surface area contributed by atoms with E-state index in [2.05, 4.69) is 26.6 Å². The summed E-state index contributed by atoms with van der Waals surface area (Å²) < 4.78 is 14.1. The number of aliphatic carboxylic acids is 1. The lowest BCUT2D eigenvalue weighted by molar-refractivity contribution is -0.137. The average Bonchev–Trinajstić information content (AvgIpc) is 2.30. The molecule has 0 aliphatic heterocycles. The zero-order valence-corrected chi connectivity index (χ0v) is 12.8. The first-order valence-corrected chi connectivity index (χ1v) is 6.75. The fourth-order valence-electron chi connectivity index (χ4n) is 1.53. The van der Waals surface area contributed by atoms with E-state index >= 15 is 0 Å². The Morgan fingerprint density at radius 3 is 2.60 bits per heavy atom. The van der Waals surface area contributed by atoms with Gasteiger partial charge in [-0.05, 0) is 38.5 Å². The van der Waals surface area contributed by atoms with Gasteiger partial charge in [-0.2, -0.15) is 0 Å². The highest BCUT2D eigenvalue weighted by Gasteiger charge is 2.21. The van der Waals surface area contributed by atoms with E-state index in [4.69, 9.17) is 5.11 Å². The Hall–Kier alpha value is -1.63. The molecule has 1 aromatic rings. The SMILES string of the molecule is CC(C)(CCC(=O)O)NC(=O)Nc1ccc(Br)cc1F. The molecular formula is C13H16BrFN2O3. The van der Waals surface area contributed by atoms with Crippen molar-refractivity contribution in [2.24, 2.45) is 0 Å². The quantitative estimate of drug-likeness (QED) is 0.764. The van der Waals surface area contributed by atoms with Gasteiger partial charge in [0.15, 0.2) is 0 Å². The van der Waals surface area contributed by atoms with Crippen LogP contribution >= 0.6 is 15.9 Å². The Bertz CT molecular complexity index is 520. The lowest BCUT2D eigenvalue weighted by atomic mass is 9.99. The lowest BCUT2D eigenvalue weighted by Crippen LogP contribution is -2.45. The summed E-state index contributed by atoms with van der Waals surface area (Å²) in [6, 6.07) is 3.70. The summed E-state index contributed by atoms with van der Waals surface area (Å²) in [5.41, 5.74) is -0.645. The second-order valence-electron chi connectivity index (χ2n) is 4.98. The number of hydrogen-bond acceptors (Lipinski definition) is 2. The van der Waals surface area contributed by atoms with Crippen LogP contribution in [0.4, 0.5) is 14.9 Å². The van der Waals surface area contributed by atoms with Crippen LogP contribution in [0.15, 0.2) is 22.7 Å². The first-order valence-electron chi connectivity index (χ1n) is 5.95. The molecule has 110 valence electrons. The summed E-state index contributed by atoms with van der Waals surface area (Å²) in [5.74, 6) is -1.49. The van der Waals surface area contributed by atoms with Gasteiger partial charge in [-0.3, -0.25) is 4.79 Å². The van der Waals surface area contributed by atoms with Crippen LogP contribution in [-0.4, -0.2) is 22.6 Å². The molecule has 1 rings (SSSR count). The molecule has 2 amide bonds. The van der Waals surface area contributed by atoms with Gasteiger partial charge >= 0.3 is 12.0 Å². The van der Waals surface area contributed by atoms with Gasteiger partial charge in [-0.1, -0.05) is 15.9 Å². The van der Waals surface area contributed by atoms with Crippen LogP contribution in [0, 0.1) is 5.82 Å². The highest BCUT2D eigenvalue weighted by atomic mass is 79.9. The van der Waals surface area contributed by atoms with Crippen molar-refractivity contribution < 1.29 is 19.1 Å². The van der Waals surface area contributed by atoms with Gasteiger partial charge in [0.05, 0.1) is 5.69 Å². The van der Waals surface area contributed by atoms with Crippen LogP contribution < -0.4 is 10.6 Å². The van der Waals surface area contributed by atoms with Crippen LogP contribution in [0.3, 0.4) is 0 Å². The molecule has 0 unspecified atom stereocenters. The minimum atomic E-state index is -0.931. The third-order valence-electron chi connectivity index (χ3n) is 2.60. The van der Waals surface area contributed by atoms with Crippen molar-refractivity contribution in [1.29, 1.82) is 0 Å². The molecule has 5 nitrogen and oxygen atoms in total. The molecular weight excluding hydrogens is 331 g/mol. The topological polar surface area (TPSA) is 78.4 Å². The van der Waals surface area contributed by atoms with Gasteiger partial charge in [0.1, 0.15) is 5.82 Å². The highest BCUT2D eigenvalue weighted by Crippen LogP contribution is 2.19. The fourth-order valence-corrected chi connectivity index (χ4v) is 1.87. The number of carboxylic acid groups (broad SMARTS) is 1. The molecule has 0 radical (unpaired) electrons. The third kappa shape index (κ3) is 5.56. The van der Waals surface area contributed by atoms with Gasteiger partial charge in [-0.15, -0.1) is 0 Å². The molecule has 7 heteroatoms. The van der Waals surface area contributed by atoms with E-state index in [0.29, 0.717) is 4.47 Å². The van der Waals surface area contributed by atoms with E-state index in [0.717, 1.165) is 0 Å². The molecule has 0 aliphatic rings. The minimum Gasteiger partial charge on any atom is -0.481 e.